The molecule has 2 rings (SSSR count). The molecule has 0 aliphatic carbocycles. The maximum atomic E-state index is 9.82. The van der Waals surface area contributed by atoms with Crippen LogP contribution in [0.4, 0.5) is 0 Å². The fourth-order valence-electron chi connectivity index (χ4n) is 2.23. The molecular weight excluding hydrogens is 250 g/mol. The molecule has 3 nitrogen and oxygen atoms in total. The van der Waals surface area contributed by atoms with Gasteiger partial charge in [0.2, 0.25) is 0 Å². The lowest BCUT2D eigenvalue weighted by Crippen LogP contribution is -2.42. The van der Waals surface area contributed by atoms with Crippen molar-refractivity contribution in [2.75, 3.05) is 13.7 Å². The number of methoxy groups -OCH3 is 1. The highest BCUT2D eigenvalue weighted by Crippen LogP contribution is 2.29. The Bertz CT molecular complexity index is 542. The Morgan fingerprint density at radius 3 is 2.35 bits per heavy atom. The van der Waals surface area contributed by atoms with Gasteiger partial charge in [-0.05, 0) is 18.6 Å². The van der Waals surface area contributed by atoms with E-state index in [2.05, 4.69) is 17.4 Å². The first-order valence-corrected chi connectivity index (χ1v) is 6.73. The smallest absolute Gasteiger partial charge is 0.123 e. The van der Waals surface area contributed by atoms with E-state index in [1.54, 1.807) is 7.11 Å². The van der Waals surface area contributed by atoms with Crippen LogP contribution in [0.25, 0.3) is 0 Å². The number of hydrogen-bond acceptors (Lipinski definition) is 3. The predicted octanol–water partition coefficient (Wildman–Crippen LogP) is 2.69. The second-order valence-corrected chi connectivity index (χ2v) is 5.03. The van der Waals surface area contributed by atoms with E-state index >= 15 is 0 Å². The van der Waals surface area contributed by atoms with E-state index in [0.717, 1.165) is 11.3 Å². The number of ether oxygens (including phenoxy) is 1. The zero-order valence-corrected chi connectivity index (χ0v) is 12.0. The van der Waals surface area contributed by atoms with E-state index < -0.39 is 5.54 Å². The Labute approximate surface area is 120 Å². The van der Waals surface area contributed by atoms with Crippen LogP contribution in [0.5, 0.6) is 5.75 Å². The number of hydrogen-bond donors (Lipinski definition) is 2. The van der Waals surface area contributed by atoms with Crippen LogP contribution in [0.1, 0.15) is 18.1 Å². The summed E-state index contributed by atoms with van der Waals surface area (Å²) in [6.45, 7) is 2.67. The van der Waals surface area contributed by atoms with Crippen LogP contribution in [-0.4, -0.2) is 18.8 Å². The maximum Gasteiger partial charge on any atom is 0.123 e. The maximum absolute atomic E-state index is 9.82. The molecule has 1 unspecified atom stereocenters. The largest absolute Gasteiger partial charge is 0.496 e. The molecule has 2 aromatic carbocycles. The van der Waals surface area contributed by atoms with Crippen LogP contribution in [-0.2, 0) is 12.1 Å². The van der Waals surface area contributed by atoms with Gasteiger partial charge in [-0.25, -0.2) is 0 Å². The Balaban J connectivity index is 2.20. The third kappa shape index (κ3) is 3.18. The molecule has 106 valence electrons. The molecule has 0 bridgehead atoms. The Morgan fingerprint density at radius 1 is 1.05 bits per heavy atom. The highest BCUT2D eigenvalue weighted by atomic mass is 16.5. The third-order valence-corrected chi connectivity index (χ3v) is 3.54. The highest BCUT2D eigenvalue weighted by molar-refractivity contribution is 5.39. The minimum atomic E-state index is -0.539. The Hall–Kier alpha value is -1.84. The lowest BCUT2D eigenvalue weighted by atomic mass is 9.91. The molecule has 0 saturated carbocycles. The highest BCUT2D eigenvalue weighted by Gasteiger charge is 2.28. The molecule has 0 amide bonds. The lowest BCUT2D eigenvalue weighted by molar-refractivity contribution is 0.170. The van der Waals surface area contributed by atoms with E-state index in [9.17, 15) is 5.11 Å². The lowest BCUT2D eigenvalue weighted by Gasteiger charge is -2.31. The molecular formula is C17H21NO2. The standard InChI is InChI=1S/C17H21NO2/c1-17(13-19,15-10-6-7-11-16(15)20-2)18-12-14-8-4-3-5-9-14/h3-11,18-19H,12-13H2,1-2H3. The second-order valence-electron chi connectivity index (χ2n) is 5.03. The summed E-state index contributed by atoms with van der Waals surface area (Å²) in [5.74, 6) is 0.782. The van der Waals surface area contributed by atoms with Gasteiger partial charge in [-0.3, -0.25) is 0 Å². The van der Waals surface area contributed by atoms with Gasteiger partial charge in [0.05, 0.1) is 19.3 Å². The van der Waals surface area contributed by atoms with E-state index in [1.807, 2.05) is 49.4 Å². The summed E-state index contributed by atoms with van der Waals surface area (Å²) in [6, 6.07) is 17.9. The molecule has 0 heterocycles. The van der Waals surface area contributed by atoms with Gasteiger partial charge in [-0.15, -0.1) is 0 Å². The fraction of sp³-hybridized carbons (Fsp3) is 0.294. The molecule has 0 aliphatic rings. The van der Waals surface area contributed by atoms with Crippen LogP contribution >= 0.6 is 0 Å². The van der Waals surface area contributed by atoms with Crippen molar-refractivity contribution in [3.8, 4) is 5.75 Å². The minimum Gasteiger partial charge on any atom is -0.496 e. The number of aliphatic hydroxyl groups is 1. The predicted molar refractivity (Wildman–Crippen MR) is 80.7 cm³/mol. The summed E-state index contributed by atoms with van der Waals surface area (Å²) in [6.07, 6.45) is 0. The molecule has 0 fully saturated rings. The molecule has 0 aliphatic heterocycles. The average molecular weight is 271 g/mol. The van der Waals surface area contributed by atoms with Crippen LogP contribution in [0, 0.1) is 0 Å². The second kappa shape index (κ2) is 6.55. The van der Waals surface area contributed by atoms with Crippen molar-refractivity contribution in [1.29, 1.82) is 0 Å². The van der Waals surface area contributed by atoms with E-state index in [-0.39, 0.29) is 6.61 Å². The summed E-state index contributed by atoms with van der Waals surface area (Å²) in [4.78, 5) is 0. The van der Waals surface area contributed by atoms with E-state index in [0.29, 0.717) is 6.54 Å². The molecule has 3 heteroatoms. The van der Waals surface area contributed by atoms with Crippen molar-refractivity contribution in [1.82, 2.24) is 5.32 Å². The van der Waals surface area contributed by atoms with Gasteiger partial charge in [0, 0.05) is 12.1 Å². The van der Waals surface area contributed by atoms with Crippen LogP contribution in [0.15, 0.2) is 54.6 Å². The molecule has 0 saturated heterocycles. The quantitative estimate of drug-likeness (QED) is 0.849. The Kier molecular flexibility index (Phi) is 4.77. The molecule has 1 atom stereocenters. The van der Waals surface area contributed by atoms with Crippen LogP contribution < -0.4 is 10.1 Å². The topological polar surface area (TPSA) is 41.5 Å². The zero-order valence-electron chi connectivity index (χ0n) is 12.0. The van der Waals surface area contributed by atoms with Gasteiger partial charge < -0.3 is 15.2 Å². The number of rotatable bonds is 6. The van der Waals surface area contributed by atoms with Gasteiger partial charge in [-0.1, -0.05) is 48.5 Å². The SMILES string of the molecule is COc1ccccc1C(C)(CO)NCc1ccccc1. The van der Waals surface area contributed by atoms with Crippen molar-refractivity contribution in [2.45, 2.75) is 19.0 Å². The molecule has 20 heavy (non-hydrogen) atoms. The summed E-state index contributed by atoms with van der Waals surface area (Å²) in [7, 11) is 1.65. The first kappa shape index (κ1) is 14.6. The number of benzene rings is 2. The molecule has 2 aromatic rings. The van der Waals surface area contributed by atoms with Crippen LogP contribution in [0.2, 0.25) is 0 Å². The van der Waals surface area contributed by atoms with Gasteiger partial charge in [-0.2, -0.15) is 0 Å². The Morgan fingerprint density at radius 2 is 1.70 bits per heavy atom. The first-order chi connectivity index (χ1) is 9.69. The molecule has 0 spiro atoms. The van der Waals surface area contributed by atoms with E-state index in [1.165, 1.54) is 5.56 Å². The van der Waals surface area contributed by atoms with Gasteiger partial charge in [0.25, 0.3) is 0 Å². The minimum absolute atomic E-state index is 0.000205. The van der Waals surface area contributed by atoms with Crippen LogP contribution in [0.3, 0.4) is 0 Å². The summed E-state index contributed by atoms with van der Waals surface area (Å²) in [5.41, 5.74) is 1.60. The normalized spacial score (nSPS) is 13.8. The molecule has 0 radical (unpaired) electrons. The first-order valence-electron chi connectivity index (χ1n) is 6.73. The van der Waals surface area contributed by atoms with E-state index in [4.69, 9.17) is 4.74 Å². The summed E-state index contributed by atoms with van der Waals surface area (Å²) in [5, 5.41) is 13.2. The molecule has 2 N–H and O–H groups in total. The third-order valence-electron chi connectivity index (χ3n) is 3.54. The van der Waals surface area contributed by atoms with Gasteiger partial charge in [0.1, 0.15) is 5.75 Å². The van der Waals surface area contributed by atoms with Crippen molar-refractivity contribution in [3.63, 3.8) is 0 Å². The average Bonchev–Trinajstić information content (AvgIpc) is 2.53. The van der Waals surface area contributed by atoms with Crippen molar-refractivity contribution >= 4 is 0 Å². The van der Waals surface area contributed by atoms with Crippen molar-refractivity contribution in [3.05, 3.63) is 65.7 Å². The number of aliphatic hydroxyl groups excluding tert-OH is 1. The van der Waals surface area contributed by atoms with Crippen molar-refractivity contribution in [2.24, 2.45) is 0 Å². The number of nitrogens with one attached hydrogen (secondary N) is 1. The monoisotopic (exact) mass is 271 g/mol. The summed E-state index contributed by atoms with van der Waals surface area (Å²) >= 11 is 0. The van der Waals surface area contributed by atoms with Gasteiger partial charge >= 0.3 is 0 Å². The molecule has 0 aromatic heterocycles. The fourth-order valence-corrected chi connectivity index (χ4v) is 2.23. The summed E-state index contributed by atoms with van der Waals surface area (Å²) < 4.78 is 5.39. The van der Waals surface area contributed by atoms with Crippen molar-refractivity contribution < 1.29 is 9.84 Å². The van der Waals surface area contributed by atoms with Gasteiger partial charge in [0.15, 0.2) is 0 Å². The number of para-hydroxylation sites is 1. The zero-order chi connectivity index (χ0) is 14.4.